The minimum Gasteiger partial charge on any atom is -0.465 e. The molecule has 3 aliphatic carbocycles. The van der Waals surface area contributed by atoms with Crippen molar-refractivity contribution < 1.29 is 71.8 Å². The van der Waals surface area contributed by atoms with Gasteiger partial charge < -0.3 is 38.3 Å². The zero-order valence-electron chi connectivity index (χ0n) is 31.3. The van der Waals surface area contributed by atoms with Crippen LogP contribution in [0.4, 0.5) is 0 Å². The Kier molecular flexibility index (Phi) is 11.0. The van der Waals surface area contributed by atoms with Crippen molar-refractivity contribution >= 4 is 47.7 Å². The average Bonchev–Trinajstić information content (AvgIpc) is 3.22. The largest absolute Gasteiger partial charge is 0.465 e. The Bertz CT molecular complexity index is 1770. The fraction of sp³-hybridized carbons (Fsp3) is 0.564. The van der Waals surface area contributed by atoms with Crippen molar-refractivity contribution in [2.45, 2.75) is 103 Å². The molecule has 292 valence electrons. The van der Waals surface area contributed by atoms with Crippen molar-refractivity contribution in [3.05, 3.63) is 54.1 Å². The molecule has 1 aliphatic heterocycles. The lowest BCUT2D eigenvalue weighted by molar-refractivity contribution is -0.303. The van der Waals surface area contributed by atoms with Crippen LogP contribution in [0.2, 0.25) is 0 Å². The van der Waals surface area contributed by atoms with E-state index in [0.29, 0.717) is 5.56 Å². The van der Waals surface area contributed by atoms with Crippen LogP contribution in [0, 0.1) is 22.7 Å². The molecule has 4 fully saturated rings. The molecule has 54 heavy (non-hydrogen) atoms. The van der Waals surface area contributed by atoms with Crippen molar-refractivity contribution in [3.8, 4) is 0 Å². The molecule has 1 heterocycles. The topological polar surface area (TPSA) is 204 Å². The van der Waals surface area contributed by atoms with Gasteiger partial charge in [0.15, 0.2) is 23.6 Å². The maximum atomic E-state index is 14.2. The quantitative estimate of drug-likeness (QED) is 0.167. The Morgan fingerprint density at radius 3 is 2.02 bits per heavy atom. The van der Waals surface area contributed by atoms with Crippen LogP contribution in [0.25, 0.3) is 6.08 Å². The maximum absolute atomic E-state index is 14.2. The van der Waals surface area contributed by atoms with Gasteiger partial charge in [-0.1, -0.05) is 43.8 Å². The van der Waals surface area contributed by atoms with Crippen LogP contribution in [0.15, 0.2) is 48.6 Å². The van der Waals surface area contributed by atoms with Crippen molar-refractivity contribution in [1.82, 2.24) is 0 Å². The highest BCUT2D eigenvalue weighted by Gasteiger charge is 2.83. The maximum Gasteiger partial charge on any atom is 0.331 e. The Labute approximate surface area is 312 Å². The molecule has 3 saturated carbocycles. The SMILES string of the molecule is C=C1[C@@H](OC(=O)/C=C\c2ccccc2)C[C@@H](OC(C)=O)[C@@]2(COC(C)=O)[C@H](OC(C)=O)[C@H](OC(C)=O)[C@]3(O)[C@@]4(C)CO[C@]3(C)C(=O)C[C@H]4[C@@H](OC(C)=O)[C@H]12. The summed E-state index contributed by atoms with van der Waals surface area (Å²) in [6.07, 6.45) is -6.20. The van der Waals surface area contributed by atoms with Crippen molar-refractivity contribution in [1.29, 1.82) is 0 Å². The summed E-state index contributed by atoms with van der Waals surface area (Å²) in [6.45, 7) is 11.5. The second-order valence-electron chi connectivity index (χ2n) is 14.8. The van der Waals surface area contributed by atoms with Gasteiger partial charge in [-0.05, 0) is 24.1 Å². The van der Waals surface area contributed by atoms with Crippen LogP contribution in [0.3, 0.4) is 0 Å². The Morgan fingerprint density at radius 2 is 1.44 bits per heavy atom. The van der Waals surface area contributed by atoms with Gasteiger partial charge in [-0.2, -0.15) is 0 Å². The Balaban J connectivity index is 1.84. The number of Topliss-reactive ketones (excluding diaryl/α,β-unsaturated/α-hetero) is 1. The van der Waals surface area contributed by atoms with E-state index < -0.39 is 113 Å². The molecule has 1 aromatic carbocycles. The molecule has 15 heteroatoms. The molecule has 0 radical (unpaired) electrons. The molecule has 1 aromatic rings. The van der Waals surface area contributed by atoms with Gasteiger partial charge in [-0.25, -0.2) is 4.79 Å². The highest BCUT2D eigenvalue weighted by atomic mass is 16.6. The molecule has 1 saturated heterocycles. The summed E-state index contributed by atoms with van der Waals surface area (Å²) in [7, 11) is 0. The average molecular weight is 755 g/mol. The smallest absolute Gasteiger partial charge is 0.331 e. The summed E-state index contributed by atoms with van der Waals surface area (Å²) in [5.74, 6) is -8.51. The van der Waals surface area contributed by atoms with Gasteiger partial charge in [0.2, 0.25) is 0 Å². The number of aliphatic hydroxyl groups is 1. The van der Waals surface area contributed by atoms with Crippen LogP contribution >= 0.6 is 0 Å². The number of fused-ring (bicyclic) bond motifs is 1. The fourth-order valence-corrected chi connectivity index (χ4v) is 9.26. The predicted molar refractivity (Wildman–Crippen MR) is 184 cm³/mol. The van der Waals surface area contributed by atoms with Gasteiger partial charge in [0.1, 0.15) is 30.5 Å². The van der Waals surface area contributed by atoms with Crippen LogP contribution in [0.5, 0.6) is 0 Å². The number of esters is 6. The van der Waals surface area contributed by atoms with E-state index in [2.05, 4.69) is 6.58 Å². The minimum atomic E-state index is -2.51. The molecule has 4 aliphatic rings. The third-order valence-corrected chi connectivity index (χ3v) is 11.6. The van der Waals surface area contributed by atoms with E-state index >= 15 is 0 Å². The van der Waals surface area contributed by atoms with Gasteiger partial charge in [0.25, 0.3) is 0 Å². The minimum absolute atomic E-state index is 0.0470. The van der Waals surface area contributed by atoms with Crippen LogP contribution in [0.1, 0.15) is 66.9 Å². The van der Waals surface area contributed by atoms with Gasteiger partial charge in [-0.3, -0.25) is 28.8 Å². The van der Waals surface area contributed by atoms with Crippen LogP contribution in [-0.4, -0.2) is 102 Å². The van der Waals surface area contributed by atoms with Crippen LogP contribution < -0.4 is 0 Å². The summed E-state index contributed by atoms with van der Waals surface area (Å²) in [4.78, 5) is 92.6. The zero-order chi connectivity index (χ0) is 40.0. The van der Waals surface area contributed by atoms with E-state index in [1.54, 1.807) is 31.2 Å². The fourth-order valence-electron chi connectivity index (χ4n) is 9.26. The second kappa shape index (κ2) is 14.7. The molecule has 15 nitrogen and oxygen atoms in total. The summed E-state index contributed by atoms with van der Waals surface area (Å²) < 4.78 is 41.8. The highest BCUT2D eigenvalue weighted by molar-refractivity contribution is 5.91. The summed E-state index contributed by atoms with van der Waals surface area (Å²) in [5, 5.41) is 13.2. The van der Waals surface area contributed by atoms with Gasteiger partial charge in [0, 0.05) is 70.8 Å². The van der Waals surface area contributed by atoms with E-state index in [1.807, 2.05) is 6.07 Å². The molecule has 5 rings (SSSR count). The molecule has 0 spiro atoms. The number of hydrogen-bond donors (Lipinski definition) is 1. The lowest BCUT2D eigenvalue weighted by Gasteiger charge is -2.65. The van der Waals surface area contributed by atoms with Crippen molar-refractivity contribution in [2.24, 2.45) is 22.7 Å². The predicted octanol–water partition coefficient (Wildman–Crippen LogP) is 2.59. The number of ketones is 1. The van der Waals surface area contributed by atoms with Crippen molar-refractivity contribution in [3.63, 3.8) is 0 Å². The van der Waals surface area contributed by atoms with E-state index in [9.17, 15) is 38.7 Å². The number of hydrogen-bond acceptors (Lipinski definition) is 15. The lowest BCUT2D eigenvalue weighted by Crippen LogP contribution is -2.81. The Morgan fingerprint density at radius 1 is 0.852 bits per heavy atom. The number of carbonyl (C=O) groups excluding carboxylic acids is 7. The van der Waals surface area contributed by atoms with E-state index in [0.717, 1.165) is 34.6 Å². The molecular formula is C39H46O15. The highest BCUT2D eigenvalue weighted by Crippen LogP contribution is 2.67. The number of benzene rings is 1. The zero-order valence-corrected chi connectivity index (χ0v) is 31.3. The first-order valence-electron chi connectivity index (χ1n) is 17.6. The monoisotopic (exact) mass is 754 g/mol. The first kappa shape index (κ1) is 40.3. The molecule has 0 amide bonds. The standard InChI is InChI=1S/C39H46O15/c1-20-28(54-31(46)15-14-26-12-10-9-11-13-26)17-30(50-22(3)41)38(19-48-21(2)40)32(20)33(51-23(4)42)27-16-29(45)37(8)39(47,36(27,7)18-49-37)35(53-25(6)44)34(38)52-24(5)43/h9-15,27-28,30,32-35,47H,1,16-19H2,2-8H3/b15-14-/t27-,28-,30+,32-,33+,34+,35-,36-,37+,38+,39-/m0/s1. The third-order valence-electron chi connectivity index (χ3n) is 11.6. The van der Waals surface area contributed by atoms with E-state index in [-0.39, 0.29) is 25.0 Å². The van der Waals surface area contributed by atoms with Gasteiger partial charge in [0.05, 0.1) is 12.0 Å². The number of ether oxygens (including phenoxy) is 7. The summed E-state index contributed by atoms with van der Waals surface area (Å²) in [5.41, 5.74) is -7.51. The van der Waals surface area contributed by atoms with Gasteiger partial charge in [-0.15, -0.1) is 0 Å². The van der Waals surface area contributed by atoms with Crippen LogP contribution in [-0.2, 0) is 66.7 Å². The molecular weight excluding hydrogens is 708 g/mol. The molecule has 11 atom stereocenters. The first-order valence-corrected chi connectivity index (χ1v) is 17.6. The third kappa shape index (κ3) is 6.61. The molecule has 0 unspecified atom stereocenters. The van der Waals surface area contributed by atoms with Crippen molar-refractivity contribution in [2.75, 3.05) is 13.2 Å². The molecule has 0 aromatic heterocycles. The van der Waals surface area contributed by atoms with E-state index in [1.165, 1.54) is 19.1 Å². The molecule has 1 N–H and O–H groups in total. The summed E-state index contributed by atoms with van der Waals surface area (Å²) in [6, 6.07) is 8.90. The normalized spacial score (nSPS) is 36.9. The summed E-state index contributed by atoms with van der Waals surface area (Å²) >= 11 is 0. The lowest BCUT2D eigenvalue weighted by atomic mass is 9.43. The Hall–Kier alpha value is -4.89. The van der Waals surface area contributed by atoms with E-state index in [4.69, 9.17) is 33.2 Å². The number of carbonyl (C=O) groups is 7. The number of rotatable bonds is 9. The van der Waals surface area contributed by atoms with Gasteiger partial charge >= 0.3 is 35.8 Å². The first-order chi connectivity index (χ1) is 25.2. The molecule has 4 bridgehead atoms. The second-order valence-corrected chi connectivity index (χ2v) is 14.8.